The number of fused-ring (bicyclic) bond motifs is 3. The van der Waals surface area contributed by atoms with Gasteiger partial charge in [0.05, 0.1) is 6.61 Å². The molecule has 2 saturated heterocycles. The summed E-state index contributed by atoms with van der Waals surface area (Å²) in [5.74, 6) is 0.799. The number of nitrogens with zero attached hydrogens (tertiary/aromatic N) is 1. The molecule has 1 aliphatic carbocycles. The van der Waals surface area contributed by atoms with E-state index in [0.717, 1.165) is 25.9 Å². The van der Waals surface area contributed by atoms with Crippen LogP contribution in [0.5, 0.6) is 0 Å². The third-order valence-electron chi connectivity index (χ3n) is 4.05. The molecule has 0 saturated carbocycles. The van der Waals surface area contributed by atoms with E-state index in [1.54, 1.807) is 0 Å². The van der Waals surface area contributed by atoms with Crippen molar-refractivity contribution >= 4 is 5.91 Å². The second-order valence-corrected chi connectivity index (χ2v) is 5.02. The fourth-order valence-electron chi connectivity index (χ4n) is 3.16. The first-order valence-electron chi connectivity index (χ1n) is 5.82. The molecule has 3 nitrogen and oxygen atoms in total. The zero-order valence-corrected chi connectivity index (χ0v) is 9.11. The number of carbonyl (C=O) groups is 1. The van der Waals surface area contributed by atoms with Crippen molar-refractivity contribution < 1.29 is 9.53 Å². The number of ether oxygens (including phenoxy) is 1. The van der Waals surface area contributed by atoms with E-state index in [1.807, 2.05) is 4.90 Å². The summed E-state index contributed by atoms with van der Waals surface area (Å²) in [6.45, 7) is 2.88. The molecule has 2 heterocycles. The Kier molecular flexibility index (Phi) is 1.93. The molecule has 2 aliphatic heterocycles. The van der Waals surface area contributed by atoms with E-state index < -0.39 is 0 Å². The van der Waals surface area contributed by atoms with Crippen LogP contribution in [0.3, 0.4) is 0 Å². The molecule has 0 aromatic carbocycles. The highest BCUT2D eigenvalue weighted by atomic mass is 16.5. The minimum absolute atomic E-state index is 0.280. The molecule has 3 aliphatic rings. The Labute approximate surface area is 90.1 Å². The standard InChI is InChI=1S/C12H17NO2/c1-12-7-6-11(14)13(12)10-5-3-2-4-9(10)8-15-12/h2-3,9-10H,4-8H2,1H3/t9-,10-,12-/m0/s1. The second kappa shape index (κ2) is 3.08. The average Bonchev–Trinajstić information content (AvgIpc) is 2.56. The molecule has 0 spiro atoms. The lowest BCUT2D eigenvalue weighted by Crippen LogP contribution is -2.59. The van der Waals surface area contributed by atoms with Gasteiger partial charge in [-0.1, -0.05) is 12.2 Å². The van der Waals surface area contributed by atoms with Gasteiger partial charge in [0.15, 0.2) is 0 Å². The maximum Gasteiger partial charge on any atom is 0.225 e. The van der Waals surface area contributed by atoms with E-state index in [0.29, 0.717) is 18.4 Å². The van der Waals surface area contributed by atoms with Gasteiger partial charge < -0.3 is 9.64 Å². The fraction of sp³-hybridized carbons (Fsp3) is 0.750. The summed E-state index contributed by atoms with van der Waals surface area (Å²) in [6, 6.07) is 0.392. The van der Waals surface area contributed by atoms with Gasteiger partial charge in [0.2, 0.25) is 5.91 Å². The van der Waals surface area contributed by atoms with Crippen LogP contribution < -0.4 is 0 Å². The molecule has 2 fully saturated rings. The van der Waals surface area contributed by atoms with Gasteiger partial charge in [-0.3, -0.25) is 4.79 Å². The van der Waals surface area contributed by atoms with Gasteiger partial charge in [0.1, 0.15) is 5.72 Å². The number of allylic oxidation sites excluding steroid dienone is 1. The molecule has 0 bridgehead atoms. The molecule has 3 atom stereocenters. The number of hydrogen-bond donors (Lipinski definition) is 0. The maximum absolute atomic E-state index is 11.9. The van der Waals surface area contributed by atoms with Crippen LogP contribution in [0.1, 0.15) is 32.6 Å². The van der Waals surface area contributed by atoms with Crippen molar-refractivity contribution in [1.82, 2.24) is 4.90 Å². The third-order valence-corrected chi connectivity index (χ3v) is 4.05. The molecule has 0 unspecified atom stereocenters. The van der Waals surface area contributed by atoms with Crippen LogP contribution in [-0.2, 0) is 9.53 Å². The largest absolute Gasteiger partial charge is 0.355 e. The highest BCUT2D eigenvalue weighted by molar-refractivity contribution is 5.79. The predicted octanol–water partition coefficient (Wildman–Crippen LogP) is 1.69. The van der Waals surface area contributed by atoms with Crippen LogP contribution >= 0.6 is 0 Å². The smallest absolute Gasteiger partial charge is 0.225 e. The Morgan fingerprint density at radius 1 is 1.47 bits per heavy atom. The highest BCUT2D eigenvalue weighted by Crippen LogP contribution is 2.42. The summed E-state index contributed by atoms with van der Waals surface area (Å²) >= 11 is 0. The highest BCUT2D eigenvalue weighted by Gasteiger charge is 2.51. The van der Waals surface area contributed by atoms with Gasteiger partial charge >= 0.3 is 0 Å². The molecule has 0 aromatic rings. The Morgan fingerprint density at radius 2 is 2.27 bits per heavy atom. The van der Waals surface area contributed by atoms with Crippen LogP contribution in [0.4, 0.5) is 0 Å². The number of carbonyl (C=O) groups excluding carboxylic acids is 1. The fourth-order valence-corrected chi connectivity index (χ4v) is 3.16. The van der Waals surface area contributed by atoms with Crippen LogP contribution in [-0.4, -0.2) is 29.2 Å². The molecular weight excluding hydrogens is 190 g/mol. The number of hydrogen-bond acceptors (Lipinski definition) is 2. The molecule has 3 heteroatoms. The molecule has 0 radical (unpaired) electrons. The summed E-state index contributed by atoms with van der Waals surface area (Å²) < 4.78 is 5.90. The summed E-state index contributed by atoms with van der Waals surface area (Å²) in [6.07, 6.45) is 8.01. The van der Waals surface area contributed by atoms with Crippen LogP contribution in [0.2, 0.25) is 0 Å². The quantitative estimate of drug-likeness (QED) is 0.566. The monoisotopic (exact) mass is 207 g/mol. The molecule has 0 aromatic heterocycles. The van der Waals surface area contributed by atoms with E-state index in [9.17, 15) is 4.79 Å². The first kappa shape index (κ1) is 9.40. The molecular formula is C12H17NO2. The maximum atomic E-state index is 11.9. The van der Waals surface area contributed by atoms with Crippen molar-refractivity contribution in [2.45, 2.75) is 44.4 Å². The summed E-state index contributed by atoms with van der Waals surface area (Å²) in [7, 11) is 0. The molecule has 82 valence electrons. The van der Waals surface area contributed by atoms with Crippen molar-refractivity contribution in [3.63, 3.8) is 0 Å². The summed E-state index contributed by atoms with van der Waals surface area (Å²) in [4.78, 5) is 13.9. The van der Waals surface area contributed by atoms with Gasteiger partial charge in [-0.2, -0.15) is 0 Å². The lowest BCUT2D eigenvalue weighted by Gasteiger charge is -2.49. The minimum atomic E-state index is -0.302. The van der Waals surface area contributed by atoms with Crippen molar-refractivity contribution in [2.24, 2.45) is 5.92 Å². The second-order valence-electron chi connectivity index (χ2n) is 5.02. The first-order chi connectivity index (χ1) is 7.21. The van der Waals surface area contributed by atoms with Gasteiger partial charge in [-0.15, -0.1) is 0 Å². The van der Waals surface area contributed by atoms with Crippen molar-refractivity contribution in [3.8, 4) is 0 Å². The Bertz CT molecular complexity index is 326. The van der Waals surface area contributed by atoms with Gasteiger partial charge in [-0.25, -0.2) is 0 Å². The molecule has 15 heavy (non-hydrogen) atoms. The summed E-state index contributed by atoms with van der Waals surface area (Å²) in [5.41, 5.74) is -0.302. The minimum Gasteiger partial charge on any atom is -0.355 e. The van der Waals surface area contributed by atoms with Gasteiger partial charge in [0.25, 0.3) is 0 Å². The van der Waals surface area contributed by atoms with Crippen LogP contribution in [0, 0.1) is 5.92 Å². The Balaban J connectivity index is 1.94. The van der Waals surface area contributed by atoms with Crippen molar-refractivity contribution in [3.05, 3.63) is 12.2 Å². The topological polar surface area (TPSA) is 29.5 Å². The van der Waals surface area contributed by atoms with Crippen LogP contribution in [0.25, 0.3) is 0 Å². The third kappa shape index (κ3) is 1.26. The van der Waals surface area contributed by atoms with Crippen molar-refractivity contribution in [1.29, 1.82) is 0 Å². The summed E-state index contributed by atoms with van der Waals surface area (Å²) in [5, 5.41) is 0. The van der Waals surface area contributed by atoms with E-state index in [4.69, 9.17) is 4.74 Å². The van der Waals surface area contributed by atoms with E-state index in [-0.39, 0.29) is 11.6 Å². The van der Waals surface area contributed by atoms with Crippen molar-refractivity contribution in [2.75, 3.05) is 6.61 Å². The molecule has 0 N–H and O–H groups in total. The number of rotatable bonds is 0. The van der Waals surface area contributed by atoms with E-state index in [2.05, 4.69) is 19.1 Å². The lowest BCUT2D eigenvalue weighted by atomic mass is 9.86. The zero-order chi connectivity index (χ0) is 10.5. The Hall–Kier alpha value is -0.830. The lowest BCUT2D eigenvalue weighted by molar-refractivity contribution is -0.201. The van der Waals surface area contributed by atoms with E-state index >= 15 is 0 Å². The Morgan fingerprint density at radius 3 is 3.13 bits per heavy atom. The van der Waals surface area contributed by atoms with Crippen LogP contribution in [0.15, 0.2) is 12.2 Å². The number of amides is 1. The average molecular weight is 207 g/mol. The predicted molar refractivity (Wildman–Crippen MR) is 56.1 cm³/mol. The molecule has 3 rings (SSSR count). The van der Waals surface area contributed by atoms with E-state index in [1.165, 1.54) is 0 Å². The SMILES string of the molecule is C[C@]12CCC(=O)N1[C@H]1CC=CC[C@H]1CO2. The van der Waals surface area contributed by atoms with Gasteiger partial charge in [0, 0.05) is 24.8 Å². The first-order valence-corrected chi connectivity index (χ1v) is 5.82. The van der Waals surface area contributed by atoms with Gasteiger partial charge in [-0.05, 0) is 19.8 Å². The molecule has 1 amide bonds. The zero-order valence-electron chi connectivity index (χ0n) is 9.11. The normalized spacial score (nSPS) is 44.1.